The summed E-state index contributed by atoms with van der Waals surface area (Å²) in [6.45, 7) is 0.622. The Kier molecular flexibility index (Phi) is 6.25. The van der Waals surface area contributed by atoms with Gasteiger partial charge in [0.2, 0.25) is 0 Å². The highest BCUT2D eigenvalue weighted by atomic mass is 32.2. The summed E-state index contributed by atoms with van der Waals surface area (Å²) in [5, 5.41) is 9.53. The van der Waals surface area contributed by atoms with Crippen LogP contribution in [0.3, 0.4) is 0 Å². The van der Waals surface area contributed by atoms with E-state index in [-0.39, 0.29) is 5.78 Å². The third-order valence-corrected chi connectivity index (χ3v) is 5.64. The molecule has 0 N–H and O–H groups in total. The molecule has 0 spiro atoms. The van der Waals surface area contributed by atoms with Crippen LogP contribution < -0.4 is 4.74 Å². The molecule has 3 aromatic carbocycles. The molecule has 4 aromatic rings. The van der Waals surface area contributed by atoms with Crippen LogP contribution in [-0.2, 0) is 6.54 Å². The van der Waals surface area contributed by atoms with Crippen molar-refractivity contribution in [2.24, 2.45) is 0 Å². The third kappa shape index (κ3) is 4.60. The van der Waals surface area contributed by atoms with E-state index in [1.54, 1.807) is 7.11 Å². The zero-order valence-electron chi connectivity index (χ0n) is 16.6. The maximum absolute atomic E-state index is 12.5. The summed E-state index contributed by atoms with van der Waals surface area (Å²) >= 11 is 1.41. The number of Topliss-reactive ketones (excluding diaryl/α,β-unsaturated/α-hetero) is 1. The molecule has 0 saturated carbocycles. The molecule has 5 nitrogen and oxygen atoms in total. The molecule has 0 fully saturated rings. The fraction of sp³-hybridized carbons (Fsp3) is 0.125. The Balaban J connectivity index is 1.62. The van der Waals surface area contributed by atoms with Crippen molar-refractivity contribution in [1.29, 1.82) is 0 Å². The van der Waals surface area contributed by atoms with Gasteiger partial charge in [0.25, 0.3) is 0 Å². The topological polar surface area (TPSA) is 57.0 Å². The third-order valence-electron chi connectivity index (χ3n) is 4.68. The normalized spacial score (nSPS) is 10.7. The van der Waals surface area contributed by atoms with Crippen LogP contribution in [-0.4, -0.2) is 33.4 Å². The van der Waals surface area contributed by atoms with Crippen LogP contribution in [0.1, 0.15) is 15.9 Å². The standard InChI is InChI=1S/C24H21N3O2S/c1-29-21-14-12-20(13-15-21)23-25-26-24(27(23)16-18-8-4-2-5-9-18)30-17-22(28)19-10-6-3-7-11-19/h2-15H,16-17H2,1H3. The average molecular weight is 416 g/mol. The van der Waals surface area contributed by atoms with Crippen molar-refractivity contribution < 1.29 is 9.53 Å². The van der Waals surface area contributed by atoms with Gasteiger partial charge in [0, 0.05) is 11.1 Å². The quantitative estimate of drug-likeness (QED) is 0.300. The molecule has 0 aliphatic carbocycles. The molecule has 0 amide bonds. The van der Waals surface area contributed by atoms with Crippen LogP contribution in [0.5, 0.6) is 5.75 Å². The van der Waals surface area contributed by atoms with E-state index in [1.807, 2.05) is 72.8 Å². The van der Waals surface area contributed by atoms with Crippen molar-refractivity contribution in [1.82, 2.24) is 14.8 Å². The van der Waals surface area contributed by atoms with E-state index in [9.17, 15) is 4.79 Å². The van der Waals surface area contributed by atoms with E-state index >= 15 is 0 Å². The second-order valence-corrected chi connectivity index (χ2v) is 7.63. The van der Waals surface area contributed by atoms with Gasteiger partial charge >= 0.3 is 0 Å². The van der Waals surface area contributed by atoms with Gasteiger partial charge in [-0.25, -0.2) is 0 Å². The van der Waals surface area contributed by atoms with Crippen LogP contribution in [0.15, 0.2) is 90.1 Å². The molecule has 0 radical (unpaired) electrons. The highest BCUT2D eigenvalue weighted by molar-refractivity contribution is 7.99. The highest BCUT2D eigenvalue weighted by Gasteiger charge is 2.17. The van der Waals surface area contributed by atoms with Gasteiger partial charge in [-0.15, -0.1) is 10.2 Å². The molecule has 6 heteroatoms. The van der Waals surface area contributed by atoms with Crippen molar-refractivity contribution in [3.63, 3.8) is 0 Å². The van der Waals surface area contributed by atoms with E-state index in [2.05, 4.69) is 26.9 Å². The van der Waals surface area contributed by atoms with Crippen LogP contribution in [0.2, 0.25) is 0 Å². The molecule has 4 rings (SSSR count). The Bertz CT molecular complexity index is 1110. The SMILES string of the molecule is COc1ccc(-c2nnc(SCC(=O)c3ccccc3)n2Cc2ccccc2)cc1. The predicted octanol–water partition coefficient (Wildman–Crippen LogP) is 4.98. The van der Waals surface area contributed by atoms with Gasteiger partial charge in [0.05, 0.1) is 19.4 Å². The lowest BCUT2D eigenvalue weighted by molar-refractivity contribution is 0.102. The van der Waals surface area contributed by atoms with Crippen LogP contribution in [0.25, 0.3) is 11.4 Å². The number of nitrogens with zero attached hydrogens (tertiary/aromatic N) is 3. The summed E-state index contributed by atoms with van der Waals surface area (Å²) in [5.41, 5.74) is 2.79. The lowest BCUT2D eigenvalue weighted by atomic mass is 10.2. The van der Waals surface area contributed by atoms with Crippen LogP contribution in [0.4, 0.5) is 0 Å². The first-order valence-electron chi connectivity index (χ1n) is 9.57. The molecule has 0 atom stereocenters. The number of aromatic nitrogens is 3. The minimum atomic E-state index is 0.0702. The summed E-state index contributed by atoms with van der Waals surface area (Å²) in [6.07, 6.45) is 0. The van der Waals surface area contributed by atoms with Gasteiger partial charge in [-0.2, -0.15) is 0 Å². The monoisotopic (exact) mass is 415 g/mol. The van der Waals surface area contributed by atoms with Gasteiger partial charge in [0.15, 0.2) is 16.8 Å². The number of hydrogen-bond donors (Lipinski definition) is 0. The summed E-state index contributed by atoms with van der Waals surface area (Å²) < 4.78 is 7.31. The molecule has 1 aromatic heterocycles. The number of methoxy groups -OCH3 is 1. The predicted molar refractivity (Wildman–Crippen MR) is 119 cm³/mol. The Morgan fingerprint density at radius 2 is 1.57 bits per heavy atom. The second-order valence-electron chi connectivity index (χ2n) is 6.68. The summed E-state index contributed by atoms with van der Waals surface area (Å²) in [5.74, 6) is 1.92. The van der Waals surface area contributed by atoms with Crippen LogP contribution >= 0.6 is 11.8 Å². The van der Waals surface area contributed by atoms with Gasteiger partial charge in [-0.3, -0.25) is 9.36 Å². The van der Waals surface area contributed by atoms with Gasteiger partial charge in [0.1, 0.15) is 5.75 Å². The zero-order chi connectivity index (χ0) is 20.8. The van der Waals surface area contributed by atoms with E-state index in [0.717, 1.165) is 22.7 Å². The number of thioether (sulfide) groups is 1. The number of carbonyl (C=O) groups is 1. The maximum atomic E-state index is 12.5. The molecule has 0 bridgehead atoms. The molecule has 0 unspecified atom stereocenters. The van der Waals surface area contributed by atoms with Gasteiger partial charge in [-0.05, 0) is 29.8 Å². The molecular formula is C24H21N3O2S. The van der Waals surface area contributed by atoms with Gasteiger partial charge in [-0.1, -0.05) is 72.4 Å². The number of benzene rings is 3. The van der Waals surface area contributed by atoms with Gasteiger partial charge < -0.3 is 4.74 Å². The Morgan fingerprint density at radius 1 is 0.900 bits per heavy atom. The molecule has 0 aliphatic rings. The summed E-state index contributed by atoms with van der Waals surface area (Å²) in [6, 6.07) is 27.2. The Morgan fingerprint density at radius 3 is 2.23 bits per heavy atom. The molecular weight excluding hydrogens is 394 g/mol. The van der Waals surface area contributed by atoms with E-state index < -0.39 is 0 Å². The van der Waals surface area contributed by atoms with Crippen LogP contribution in [0, 0.1) is 0 Å². The van der Waals surface area contributed by atoms with E-state index in [1.165, 1.54) is 11.8 Å². The second kappa shape index (κ2) is 9.41. The molecule has 1 heterocycles. The Hall–Kier alpha value is -3.38. The summed E-state index contributed by atoms with van der Waals surface area (Å²) in [4.78, 5) is 12.5. The number of ketones is 1. The first kappa shape index (κ1) is 19.9. The maximum Gasteiger partial charge on any atom is 0.192 e. The van der Waals surface area contributed by atoms with Crippen molar-refractivity contribution >= 4 is 17.5 Å². The molecule has 150 valence electrons. The van der Waals surface area contributed by atoms with Crippen molar-refractivity contribution in [2.75, 3.05) is 12.9 Å². The largest absolute Gasteiger partial charge is 0.497 e. The smallest absolute Gasteiger partial charge is 0.192 e. The fourth-order valence-corrected chi connectivity index (χ4v) is 3.93. The first-order valence-corrected chi connectivity index (χ1v) is 10.6. The lowest BCUT2D eigenvalue weighted by Crippen LogP contribution is -2.07. The highest BCUT2D eigenvalue weighted by Crippen LogP contribution is 2.27. The number of rotatable bonds is 8. The molecule has 0 aliphatic heterocycles. The van der Waals surface area contributed by atoms with E-state index in [0.29, 0.717) is 23.0 Å². The minimum absolute atomic E-state index is 0.0702. The van der Waals surface area contributed by atoms with Crippen molar-refractivity contribution in [3.05, 3.63) is 96.1 Å². The first-order chi connectivity index (χ1) is 14.7. The van der Waals surface area contributed by atoms with Crippen molar-refractivity contribution in [2.45, 2.75) is 11.7 Å². The average Bonchev–Trinajstić information content (AvgIpc) is 3.21. The number of ether oxygens (including phenoxy) is 1. The number of hydrogen-bond acceptors (Lipinski definition) is 5. The van der Waals surface area contributed by atoms with E-state index in [4.69, 9.17) is 4.74 Å². The molecule has 30 heavy (non-hydrogen) atoms. The zero-order valence-corrected chi connectivity index (χ0v) is 17.4. The van der Waals surface area contributed by atoms with Crippen molar-refractivity contribution in [3.8, 4) is 17.1 Å². The Labute approximate surface area is 179 Å². The summed E-state index contributed by atoms with van der Waals surface area (Å²) in [7, 11) is 1.64. The minimum Gasteiger partial charge on any atom is -0.497 e. The lowest BCUT2D eigenvalue weighted by Gasteiger charge is -2.11. The molecule has 0 saturated heterocycles. The fourth-order valence-electron chi connectivity index (χ4n) is 3.10. The number of carbonyl (C=O) groups excluding carboxylic acids is 1.